The largest absolute Gasteiger partial charge is 0.306 e. The number of rotatable bonds is 1. The van der Waals surface area contributed by atoms with Crippen LogP contribution in [-0.4, -0.2) is 9.97 Å². The first-order valence-electron chi connectivity index (χ1n) is 8.34. The summed E-state index contributed by atoms with van der Waals surface area (Å²) in [4.78, 5) is 22.8. The lowest BCUT2D eigenvalue weighted by atomic mass is 9.97. The lowest BCUT2D eigenvalue weighted by Gasteiger charge is -2.09. The maximum Gasteiger partial charge on any atom is 0.260 e. The molecule has 4 heteroatoms. The number of aromatic nitrogens is 2. The number of aromatic amines is 1. The van der Waals surface area contributed by atoms with Gasteiger partial charge >= 0.3 is 0 Å². The fourth-order valence-corrected chi connectivity index (χ4v) is 4.99. The van der Waals surface area contributed by atoms with Crippen molar-refractivity contribution in [2.24, 2.45) is 0 Å². The summed E-state index contributed by atoms with van der Waals surface area (Å²) in [6.45, 7) is 0. The van der Waals surface area contributed by atoms with E-state index in [4.69, 9.17) is 4.98 Å². The Morgan fingerprint density at radius 2 is 1.83 bits per heavy atom. The van der Waals surface area contributed by atoms with Crippen molar-refractivity contribution in [3.63, 3.8) is 0 Å². The van der Waals surface area contributed by atoms with Crippen molar-refractivity contribution < 1.29 is 0 Å². The molecule has 0 aliphatic heterocycles. The van der Waals surface area contributed by atoms with Gasteiger partial charge in [-0.3, -0.25) is 4.79 Å². The second-order valence-corrected chi connectivity index (χ2v) is 7.42. The first-order chi connectivity index (χ1) is 11.8. The van der Waals surface area contributed by atoms with Crippen molar-refractivity contribution in [2.45, 2.75) is 25.7 Å². The quantitative estimate of drug-likeness (QED) is 0.550. The normalized spacial score (nSPS) is 14.2. The van der Waals surface area contributed by atoms with Crippen LogP contribution in [0.3, 0.4) is 0 Å². The highest BCUT2D eigenvalue weighted by Gasteiger charge is 2.20. The molecule has 0 fully saturated rings. The Balaban J connectivity index is 1.80. The number of aryl methyl sites for hydroxylation is 2. The van der Waals surface area contributed by atoms with Gasteiger partial charge in [-0.25, -0.2) is 4.98 Å². The van der Waals surface area contributed by atoms with Gasteiger partial charge in [-0.15, -0.1) is 11.3 Å². The van der Waals surface area contributed by atoms with Crippen LogP contribution in [0.15, 0.2) is 47.3 Å². The van der Waals surface area contributed by atoms with Gasteiger partial charge in [0.05, 0.1) is 5.39 Å². The van der Waals surface area contributed by atoms with Crippen LogP contribution in [0.25, 0.3) is 32.4 Å². The number of hydrogen-bond acceptors (Lipinski definition) is 3. The fourth-order valence-electron chi connectivity index (χ4n) is 3.72. The minimum absolute atomic E-state index is 0.00216. The summed E-state index contributed by atoms with van der Waals surface area (Å²) < 4.78 is 0. The molecule has 0 amide bonds. The van der Waals surface area contributed by atoms with E-state index < -0.39 is 0 Å². The Morgan fingerprint density at radius 1 is 1.00 bits per heavy atom. The van der Waals surface area contributed by atoms with E-state index in [1.807, 2.05) is 24.3 Å². The number of nitrogens with zero attached hydrogens (tertiary/aromatic N) is 1. The van der Waals surface area contributed by atoms with Crippen molar-refractivity contribution in [3.8, 4) is 11.4 Å². The topological polar surface area (TPSA) is 45.8 Å². The molecule has 5 rings (SSSR count). The third kappa shape index (κ3) is 2.03. The van der Waals surface area contributed by atoms with Gasteiger partial charge in [0.25, 0.3) is 5.56 Å². The van der Waals surface area contributed by atoms with Crippen LogP contribution < -0.4 is 5.56 Å². The summed E-state index contributed by atoms with van der Waals surface area (Å²) in [6, 6.07) is 14.3. The number of hydrogen-bond donors (Lipinski definition) is 1. The molecule has 2 aromatic heterocycles. The van der Waals surface area contributed by atoms with Crippen molar-refractivity contribution in [1.82, 2.24) is 9.97 Å². The molecule has 1 aliphatic carbocycles. The molecule has 0 atom stereocenters. The van der Waals surface area contributed by atoms with E-state index in [0.717, 1.165) is 39.4 Å². The minimum atomic E-state index is 0.00216. The fraction of sp³-hybridized carbons (Fsp3) is 0.200. The molecule has 2 heterocycles. The Morgan fingerprint density at radius 3 is 2.79 bits per heavy atom. The number of thiophene rings is 1. The predicted octanol–water partition coefficient (Wildman–Crippen LogP) is 4.68. The summed E-state index contributed by atoms with van der Waals surface area (Å²) in [7, 11) is 0. The first kappa shape index (κ1) is 13.9. The van der Waals surface area contributed by atoms with E-state index in [9.17, 15) is 4.79 Å². The van der Waals surface area contributed by atoms with Crippen LogP contribution in [0, 0.1) is 0 Å². The lowest BCUT2D eigenvalue weighted by Crippen LogP contribution is -2.11. The van der Waals surface area contributed by atoms with Crippen LogP contribution in [0.2, 0.25) is 0 Å². The molecule has 0 unspecified atom stereocenters. The molecule has 1 aliphatic rings. The van der Waals surface area contributed by atoms with Crippen LogP contribution >= 0.6 is 11.3 Å². The van der Waals surface area contributed by atoms with E-state index in [0.29, 0.717) is 5.82 Å². The van der Waals surface area contributed by atoms with E-state index in [2.05, 4.69) is 23.2 Å². The van der Waals surface area contributed by atoms with Crippen LogP contribution in [0.1, 0.15) is 23.3 Å². The number of benzene rings is 2. The Labute approximate surface area is 143 Å². The number of fused-ring (bicyclic) bond motifs is 4. The Kier molecular flexibility index (Phi) is 3.06. The van der Waals surface area contributed by atoms with Crippen molar-refractivity contribution in [1.29, 1.82) is 0 Å². The molecule has 0 radical (unpaired) electrons. The molecule has 2 aromatic carbocycles. The molecule has 118 valence electrons. The van der Waals surface area contributed by atoms with E-state index >= 15 is 0 Å². The smallest absolute Gasteiger partial charge is 0.260 e. The summed E-state index contributed by atoms with van der Waals surface area (Å²) in [5, 5.41) is 3.09. The standard InChI is InChI=1S/C20H16N2OS/c23-19-17-15-9-3-4-11-16(15)24-20(17)22-18(21-19)14-10-5-7-12-6-1-2-8-13(12)14/h1-2,5-8,10H,3-4,9,11H2,(H,21,22,23). The molecular formula is C20H16N2OS. The van der Waals surface area contributed by atoms with Crippen LogP contribution in [-0.2, 0) is 12.8 Å². The average Bonchev–Trinajstić information content (AvgIpc) is 3.00. The monoisotopic (exact) mass is 332 g/mol. The van der Waals surface area contributed by atoms with Gasteiger partial charge in [-0.2, -0.15) is 0 Å². The highest BCUT2D eigenvalue weighted by molar-refractivity contribution is 7.18. The average molecular weight is 332 g/mol. The first-order valence-corrected chi connectivity index (χ1v) is 9.15. The molecule has 1 N–H and O–H groups in total. The SMILES string of the molecule is O=c1[nH]c(-c2cccc3ccccc23)nc2sc3c(c12)CCCC3. The van der Waals surface area contributed by atoms with Gasteiger partial charge in [0.1, 0.15) is 10.7 Å². The van der Waals surface area contributed by atoms with Gasteiger partial charge < -0.3 is 4.98 Å². The highest BCUT2D eigenvalue weighted by Crippen LogP contribution is 2.35. The zero-order valence-electron chi connectivity index (χ0n) is 13.1. The number of nitrogens with one attached hydrogen (secondary N) is 1. The zero-order chi connectivity index (χ0) is 16.1. The van der Waals surface area contributed by atoms with Gasteiger partial charge in [-0.05, 0) is 42.0 Å². The van der Waals surface area contributed by atoms with Crippen LogP contribution in [0.5, 0.6) is 0 Å². The molecule has 3 nitrogen and oxygen atoms in total. The second-order valence-electron chi connectivity index (χ2n) is 6.33. The molecule has 0 bridgehead atoms. The van der Waals surface area contributed by atoms with Gasteiger partial charge in [0.2, 0.25) is 0 Å². The van der Waals surface area contributed by atoms with Gasteiger partial charge in [0.15, 0.2) is 0 Å². The van der Waals surface area contributed by atoms with Crippen LogP contribution in [0.4, 0.5) is 0 Å². The zero-order valence-corrected chi connectivity index (χ0v) is 14.0. The highest BCUT2D eigenvalue weighted by atomic mass is 32.1. The van der Waals surface area contributed by atoms with E-state index in [1.165, 1.54) is 23.3 Å². The minimum Gasteiger partial charge on any atom is -0.306 e. The third-order valence-electron chi connectivity index (χ3n) is 4.87. The maximum atomic E-state index is 12.8. The van der Waals surface area contributed by atoms with E-state index in [-0.39, 0.29) is 5.56 Å². The summed E-state index contributed by atoms with van der Waals surface area (Å²) in [6.07, 6.45) is 4.48. The van der Waals surface area contributed by atoms with Crippen molar-refractivity contribution >= 4 is 32.3 Å². The third-order valence-corrected chi connectivity index (χ3v) is 6.06. The Bertz CT molecular complexity index is 1130. The number of H-pyrrole nitrogens is 1. The molecule has 0 saturated heterocycles. The summed E-state index contributed by atoms with van der Waals surface area (Å²) in [5.74, 6) is 0.669. The Hall–Kier alpha value is -2.46. The molecule has 0 saturated carbocycles. The van der Waals surface area contributed by atoms with E-state index in [1.54, 1.807) is 11.3 Å². The molecule has 4 aromatic rings. The summed E-state index contributed by atoms with van der Waals surface area (Å²) >= 11 is 1.70. The maximum absolute atomic E-state index is 12.8. The van der Waals surface area contributed by atoms with Gasteiger partial charge in [-0.1, -0.05) is 42.5 Å². The molecule has 24 heavy (non-hydrogen) atoms. The predicted molar refractivity (Wildman–Crippen MR) is 99.8 cm³/mol. The molecular weight excluding hydrogens is 316 g/mol. The van der Waals surface area contributed by atoms with Gasteiger partial charge in [0, 0.05) is 10.4 Å². The lowest BCUT2D eigenvalue weighted by molar-refractivity contribution is 0.700. The van der Waals surface area contributed by atoms with Crippen molar-refractivity contribution in [3.05, 3.63) is 63.3 Å². The van der Waals surface area contributed by atoms with Crippen molar-refractivity contribution in [2.75, 3.05) is 0 Å². The second kappa shape index (κ2) is 5.28. The molecule has 0 spiro atoms. The summed E-state index contributed by atoms with van der Waals surface area (Å²) in [5.41, 5.74) is 2.22.